The number of amidine groups is 1. The van der Waals surface area contributed by atoms with Crippen molar-refractivity contribution in [2.75, 3.05) is 52.5 Å². The maximum absolute atomic E-state index is 15.2. The molecule has 0 saturated carbocycles. The van der Waals surface area contributed by atoms with Crippen LogP contribution in [0.5, 0.6) is 17.2 Å². The smallest absolute Gasteiger partial charge is 0.303 e. The molecular weight excluding hydrogens is 616 g/mol. The second-order valence-corrected chi connectivity index (χ2v) is 11.0. The van der Waals surface area contributed by atoms with E-state index >= 15 is 4.39 Å². The normalized spacial score (nSPS) is 12.5. The van der Waals surface area contributed by atoms with E-state index < -0.39 is 23.9 Å². The quantitative estimate of drug-likeness (QED) is 0.195. The number of benzene rings is 2. The molecule has 2 aromatic carbocycles. The van der Waals surface area contributed by atoms with Gasteiger partial charge in [0.1, 0.15) is 11.6 Å². The molecule has 232 valence electrons. The molecule has 1 aliphatic rings. The van der Waals surface area contributed by atoms with Gasteiger partial charge in [0.15, 0.2) is 23.1 Å². The number of nitrogens with one attached hydrogen (secondary N) is 1. The standard InChI is InChI=1S/C30H39F2N3O6.BrH/c1-30(2,3)20-13-18(14-21(34(4)11-8-10-31)27(20)41-12-7-9-24(37)38)22(36)17-35-16-19-15-23(39-5)28(40-6)26(32)25(19)29(35)33;/h13-15,33H,7-12,16-17H2,1-6H3,(H,37,38);1H. The Balaban J connectivity index is 0.00000616. The molecule has 12 heteroatoms. The van der Waals surface area contributed by atoms with Gasteiger partial charge < -0.3 is 29.1 Å². The first kappa shape index (κ1) is 34.8. The number of ketones is 1. The zero-order chi connectivity index (χ0) is 30.5. The fourth-order valence-corrected chi connectivity index (χ4v) is 4.81. The van der Waals surface area contributed by atoms with Crippen molar-refractivity contribution in [3.63, 3.8) is 0 Å². The molecule has 0 aliphatic carbocycles. The van der Waals surface area contributed by atoms with Gasteiger partial charge in [-0.1, -0.05) is 20.8 Å². The van der Waals surface area contributed by atoms with Gasteiger partial charge in [-0.25, -0.2) is 4.39 Å². The molecule has 0 spiro atoms. The summed E-state index contributed by atoms with van der Waals surface area (Å²) in [4.78, 5) is 28.0. The Morgan fingerprint density at radius 2 is 1.81 bits per heavy atom. The maximum Gasteiger partial charge on any atom is 0.303 e. The molecular formula is C30H40BrF2N3O6. The van der Waals surface area contributed by atoms with Gasteiger partial charge in [-0.15, -0.1) is 17.0 Å². The summed E-state index contributed by atoms with van der Waals surface area (Å²) < 4.78 is 44.7. The Labute approximate surface area is 256 Å². The number of hydrogen-bond donors (Lipinski definition) is 2. The van der Waals surface area contributed by atoms with E-state index in [4.69, 9.17) is 24.7 Å². The molecule has 1 aliphatic heterocycles. The van der Waals surface area contributed by atoms with E-state index in [0.717, 1.165) is 5.56 Å². The van der Waals surface area contributed by atoms with Gasteiger partial charge in [0, 0.05) is 37.7 Å². The van der Waals surface area contributed by atoms with Gasteiger partial charge >= 0.3 is 5.97 Å². The van der Waals surface area contributed by atoms with Crippen molar-refractivity contribution in [3.8, 4) is 17.2 Å². The van der Waals surface area contributed by atoms with Crippen molar-refractivity contribution in [2.24, 2.45) is 0 Å². The van der Waals surface area contributed by atoms with Gasteiger partial charge in [-0.2, -0.15) is 0 Å². The van der Waals surface area contributed by atoms with Crippen molar-refractivity contribution in [1.82, 2.24) is 4.90 Å². The molecule has 2 aromatic rings. The lowest BCUT2D eigenvalue weighted by Crippen LogP contribution is -2.31. The highest BCUT2D eigenvalue weighted by atomic mass is 79.9. The highest BCUT2D eigenvalue weighted by molar-refractivity contribution is 8.93. The van der Waals surface area contributed by atoms with Crippen LogP contribution in [0.3, 0.4) is 0 Å². The first-order valence-electron chi connectivity index (χ1n) is 13.4. The lowest BCUT2D eigenvalue weighted by molar-refractivity contribution is -0.137. The Hall–Kier alpha value is -3.41. The molecule has 2 N–H and O–H groups in total. The third-order valence-electron chi connectivity index (χ3n) is 6.96. The Bertz CT molecular complexity index is 1320. The van der Waals surface area contributed by atoms with E-state index in [1.54, 1.807) is 25.2 Å². The number of nitrogens with zero attached hydrogens (tertiary/aromatic N) is 2. The van der Waals surface area contributed by atoms with Crippen molar-refractivity contribution in [2.45, 2.75) is 52.0 Å². The van der Waals surface area contributed by atoms with Crippen LogP contribution in [0.1, 0.15) is 67.1 Å². The van der Waals surface area contributed by atoms with E-state index in [1.165, 1.54) is 19.1 Å². The number of Topliss-reactive ketones (excluding diaryl/α,β-unsaturated/α-hetero) is 1. The molecule has 0 unspecified atom stereocenters. The minimum absolute atomic E-state index is 0. The average molecular weight is 657 g/mol. The summed E-state index contributed by atoms with van der Waals surface area (Å²) in [6.07, 6.45) is 0.535. The van der Waals surface area contributed by atoms with Gasteiger partial charge in [-0.05, 0) is 42.0 Å². The molecule has 0 saturated heterocycles. The number of rotatable bonds is 14. The number of carboxylic acids is 1. The summed E-state index contributed by atoms with van der Waals surface area (Å²) in [6, 6.07) is 5.05. The Morgan fingerprint density at radius 3 is 2.38 bits per heavy atom. The molecule has 3 rings (SSSR count). The van der Waals surface area contributed by atoms with Crippen LogP contribution in [-0.4, -0.2) is 75.2 Å². The molecule has 0 bridgehead atoms. The largest absolute Gasteiger partial charge is 0.493 e. The van der Waals surface area contributed by atoms with E-state index in [0.29, 0.717) is 35.5 Å². The van der Waals surface area contributed by atoms with Crippen molar-refractivity contribution >= 4 is 40.3 Å². The average Bonchev–Trinajstić information content (AvgIpc) is 3.23. The van der Waals surface area contributed by atoms with Crippen molar-refractivity contribution in [1.29, 1.82) is 5.41 Å². The van der Waals surface area contributed by atoms with Crippen LogP contribution >= 0.6 is 17.0 Å². The molecule has 0 atom stereocenters. The first-order valence-corrected chi connectivity index (χ1v) is 13.4. The molecule has 0 amide bonds. The summed E-state index contributed by atoms with van der Waals surface area (Å²) in [5.41, 5.74) is 1.83. The van der Waals surface area contributed by atoms with Gasteiger partial charge in [-0.3, -0.25) is 19.4 Å². The van der Waals surface area contributed by atoms with Gasteiger partial charge in [0.25, 0.3) is 0 Å². The molecule has 0 radical (unpaired) electrons. The molecule has 0 aromatic heterocycles. The van der Waals surface area contributed by atoms with Crippen molar-refractivity contribution < 1.29 is 37.7 Å². The predicted molar refractivity (Wildman–Crippen MR) is 163 cm³/mol. The second-order valence-electron chi connectivity index (χ2n) is 11.0. The number of methoxy groups -OCH3 is 2. The maximum atomic E-state index is 15.2. The van der Waals surface area contributed by atoms with E-state index in [1.807, 2.05) is 25.7 Å². The number of halogens is 3. The minimum Gasteiger partial charge on any atom is -0.493 e. The van der Waals surface area contributed by atoms with E-state index in [-0.39, 0.29) is 78.2 Å². The van der Waals surface area contributed by atoms with Crippen LogP contribution in [-0.2, 0) is 16.8 Å². The van der Waals surface area contributed by atoms with Crippen LogP contribution in [0.25, 0.3) is 0 Å². The van der Waals surface area contributed by atoms with Crippen LogP contribution < -0.4 is 19.1 Å². The molecule has 1 heterocycles. The predicted octanol–water partition coefficient (Wildman–Crippen LogP) is 5.78. The van der Waals surface area contributed by atoms with Crippen molar-refractivity contribution in [3.05, 3.63) is 46.3 Å². The highest BCUT2D eigenvalue weighted by Crippen LogP contribution is 2.41. The third kappa shape index (κ3) is 7.70. The SMILES string of the molecule is Br.COc1cc2c(c(F)c1OC)C(=N)N(CC(=O)c1cc(N(C)CCCF)c(OCCCC(=O)O)c(C(C)(C)C)c1)C2. The Morgan fingerprint density at radius 1 is 1.12 bits per heavy atom. The third-order valence-corrected chi connectivity index (χ3v) is 6.96. The highest BCUT2D eigenvalue weighted by Gasteiger charge is 2.33. The Kier molecular flexibility index (Phi) is 12.1. The van der Waals surface area contributed by atoms with Crippen LogP contribution in [0.15, 0.2) is 18.2 Å². The van der Waals surface area contributed by atoms with E-state index in [2.05, 4.69) is 0 Å². The zero-order valence-corrected chi connectivity index (χ0v) is 26.6. The number of anilines is 1. The summed E-state index contributed by atoms with van der Waals surface area (Å²) in [5.74, 6) is -1.41. The second kappa shape index (κ2) is 14.7. The van der Waals surface area contributed by atoms with Crippen LogP contribution in [0.4, 0.5) is 14.5 Å². The zero-order valence-electron chi connectivity index (χ0n) is 24.9. The molecule has 0 fully saturated rings. The topological polar surface area (TPSA) is 112 Å². The summed E-state index contributed by atoms with van der Waals surface area (Å²) >= 11 is 0. The monoisotopic (exact) mass is 655 g/mol. The number of hydrogen-bond acceptors (Lipinski definition) is 7. The minimum atomic E-state index is -0.919. The van der Waals surface area contributed by atoms with Gasteiger partial charge in [0.05, 0.1) is 45.3 Å². The molecule has 9 nitrogen and oxygen atoms in total. The summed E-state index contributed by atoms with van der Waals surface area (Å²) in [5, 5.41) is 17.6. The number of carbonyl (C=O) groups is 2. The van der Waals surface area contributed by atoms with Crippen LogP contribution in [0, 0.1) is 11.2 Å². The summed E-state index contributed by atoms with van der Waals surface area (Å²) in [6.45, 7) is 5.93. The molecule has 42 heavy (non-hydrogen) atoms. The van der Waals surface area contributed by atoms with E-state index in [9.17, 15) is 14.0 Å². The lowest BCUT2D eigenvalue weighted by atomic mass is 9.84. The number of ether oxygens (including phenoxy) is 3. The number of alkyl halides is 1. The number of fused-ring (bicyclic) bond motifs is 1. The van der Waals surface area contributed by atoms with Gasteiger partial charge in [0.2, 0.25) is 0 Å². The summed E-state index contributed by atoms with van der Waals surface area (Å²) in [7, 11) is 4.51. The fraction of sp³-hybridized carbons (Fsp3) is 0.500. The number of carbonyl (C=O) groups excluding carboxylic acids is 1. The number of carboxylic acid groups (broad SMARTS) is 1. The van der Waals surface area contributed by atoms with Crippen LogP contribution in [0.2, 0.25) is 0 Å². The lowest BCUT2D eigenvalue weighted by Gasteiger charge is -2.30. The number of aliphatic carboxylic acids is 1. The fourth-order valence-electron chi connectivity index (χ4n) is 4.81. The first-order chi connectivity index (χ1) is 19.3.